The molecule has 2 N–H and O–H groups in total. The molecule has 3 rings (SSSR count). The SMILES string of the molecule is O=C(Nc1cc(NC(=O)c2ccccc2C(F)(F)F)cc(C(F)(F)F)c1)c1ccccc1. The number of alkyl halides is 6. The van der Waals surface area contributed by atoms with Crippen molar-refractivity contribution in [1.82, 2.24) is 0 Å². The van der Waals surface area contributed by atoms with Crippen LogP contribution in [0, 0.1) is 0 Å². The van der Waals surface area contributed by atoms with Gasteiger partial charge >= 0.3 is 12.4 Å². The maximum atomic E-state index is 13.3. The largest absolute Gasteiger partial charge is 0.417 e. The molecule has 0 radical (unpaired) electrons. The molecule has 0 heterocycles. The summed E-state index contributed by atoms with van der Waals surface area (Å²) in [5.74, 6) is -1.96. The standard InChI is InChI=1S/C22H14F6N2O2/c23-21(24,25)14-10-15(29-19(31)13-6-2-1-3-7-13)12-16(11-14)30-20(32)17-8-4-5-9-18(17)22(26,27)28/h1-12H,(H,29,31)(H,30,32). The van der Waals surface area contributed by atoms with Crippen LogP contribution in [-0.2, 0) is 12.4 Å². The first-order valence-electron chi connectivity index (χ1n) is 9.01. The zero-order chi connectivity index (χ0) is 23.5. The van der Waals surface area contributed by atoms with Crippen molar-refractivity contribution in [1.29, 1.82) is 0 Å². The van der Waals surface area contributed by atoms with Crippen LogP contribution in [0.4, 0.5) is 37.7 Å². The molecule has 0 atom stereocenters. The van der Waals surface area contributed by atoms with Crippen LogP contribution in [0.3, 0.4) is 0 Å². The summed E-state index contributed by atoms with van der Waals surface area (Å²) in [5.41, 5.74) is -3.76. The fourth-order valence-corrected chi connectivity index (χ4v) is 2.86. The predicted molar refractivity (Wildman–Crippen MR) is 105 cm³/mol. The van der Waals surface area contributed by atoms with Crippen molar-refractivity contribution in [3.05, 3.63) is 95.1 Å². The molecule has 2 amide bonds. The van der Waals surface area contributed by atoms with Gasteiger partial charge in [-0.05, 0) is 42.5 Å². The molecular formula is C22H14F6N2O2. The van der Waals surface area contributed by atoms with Gasteiger partial charge in [-0.2, -0.15) is 26.3 Å². The molecule has 0 fully saturated rings. The van der Waals surface area contributed by atoms with Gasteiger partial charge in [-0.1, -0.05) is 30.3 Å². The molecule has 3 aromatic rings. The number of amides is 2. The van der Waals surface area contributed by atoms with E-state index in [0.29, 0.717) is 18.2 Å². The first-order chi connectivity index (χ1) is 14.9. The number of hydrogen-bond donors (Lipinski definition) is 2. The molecule has 32 heavy (non-hydrogen) atoms. The van der Waals surface area contributed by atoms with Gasteiger partial charge in [0.05, 0.1) is 16.7 Å². The summed E-state index contributed by atoms with van der Waals surface area (Å²) in [7, 11) is 0. The third kappa shape index (κ3) is 5.45. The number of benzene rings is 3. The van der Waals surface area contributed by atoms with Gasteiger partial charge in [0.25, 0.3) is 11.8 Å². The third-order valence-electron chi connectivity index (χ3n) is 4.29. The minimum Gasteiger partial charge on any atom is -0.322 e. The van der Waals surface area contributed by atoms with Crippen LogP contribution in [0.15, 0.2) is 72.8 Å². The fourth-order valence-electron chi connectivity index (χ4n) is 2.86. The Hall–Kier alpha value is -3.82. The van der Waals surface area contributed by atoms with Gasteiger partial charge in [0.15, 0.2) is 0 Å². The van der Waals surface area contributed by atoms with Crippen molar-refractivity contribution in [2.75, 3.05) is 10.6 Å². The van der Waals surface area contributed by atoms with E-state index in [0.717, 1.165) is 18.2 Å². The summed E-state index contributed by atoms with van der Waals surface area (Å²) in [5, 5.41) is 4.34. The summed E-state index contributed by atoms with van der Waals surface area (Å²) >= 11 is 0. The van der Waals surface area contributed by atoms with Crippen molar-refractivity contribution in [2.45, 2.75) is 12.4 Å². The molecule has 0 aliphatic heterocycles. The van der Waals surface area contributed by atoms with Crippen LogP contribution in [0.5, 0.6) is 0 Å². The Morgan fingerprint density at radius 3 is 1.72 bits per heavy atom. The number of rotatable bonds is 4. The maximum Gasteiger partial charge on any atom is 0.417 e. The lowest BCUT2D eigenvalue weighted by atomic mass is 10.1. The van der Waals surface area contributed by atoms with Crippen LogP contribution < -0.4 is 10.6 Å². The lowest BCUT2D eigenvalue weighted by Gasteiger charge is -2.15. The Kier molecular flexibility index (Phi) is 6.24. The number of hydrogen-bond acceptors (Lipinski definition) is 2. The van der Waals surface area contributed by atoms with Crippen LogP contribution in [0.2, 0.25) is 0 Å². The maximum absolute atomic E-state index is 13.3. The number of anilines is 2. The molecule has 0 aliphatic rings. The van der Waals surface area contributed by atoms with E-state index in [9.17, 15) is 35.9 Å². The zero-order valence-electron chi connectivity index (χ0n) is 16.0. The van der Waals surface area contributed by atoms with Gasteiger partial charge in [-0.15, -0.1) is 0 Å². The smallest absolute Gasteiger partial charge is 0.322 e. The van der Waals surface area contributed by atoms with E-state index in [-0.39, 0.29) is 11.3 Å². The second-order valence-corrected chi connectivity index (χ2v) is 6.61. The molecule has 0 spiro atoms. The Balaban J connectivity index is 1.94. The summed E-state index contributed by atoms with van der Waals surface area (Å²) in [6.45, 7) is 0. The van der Waals surface area contributed by atoms with E-state index in [2.05, 4.69) is 5.32 Å². The summed E-state index contributed by atoms with van der Waals surface area (Å²) in [6, 6.07) is 13.8. The Morgan fingerprint density at radius 2 is 1.16 bits per heavy atom. The van der Waals surface area contributed by atoms with E-state index < -0.39 is 46.5 Å². The average molecular weight is 452 g/mol. The lowest BCUT2D eigenvalue weighted by Crippen LogP contribution is -2.19. The molecule has 3 aromatic carbocycles. The highest BCUT2D eigenvalue weighted by Crippen LogP contribution is 2.35. The van der Waals surface area contributed by atoms with Crippen LogP contribution in [0.1, 0.15) is 31.8 Å². The van der Waals surface area contributed by atoms with Crippen LogP contribution in [-0.4, -0.2) is 11.8 Å². The minimum atomic E-state index is -4.84. The highest BCUT2D eigenvalue weighted by molar-refractivity contribution is 6.07. The Morgan fingerprint density at radius 1 is 0.625 bits per heavy atom. The lowest BCUT2D eigenvalue weighted by molar-refractivity contribution is -0.138. The number of nitrogens with one attached hydrogen (secondary N) is 2. The fraction of sp³-hybridized carbons (Fsp3) is 0.0909. The predicted octanol–water partition coefficient (Wildman–Crippen LogP) is 6.23. The van der Waals surface area contributed by atoms with Crippen molar-refractivity contribution < 1.29 is 35.9 Å². The molecule has 4 nitrogen and oxygen atoms in total. The molecule has 0 bridgehead atoms. The van der Waals surface area contributed by atoms with Gasteiger partial charge in [0.1, 0.15) is 0 Å². The van der Waals surface area contributed by atoms with Gasteiger partial charge in [-0.3, -0.25) is 9.59 Å². The molecule has 0 unspecified atom stereocenters. The van der Waals surface area contributed by atoms with Crippen LogP contribution in [0.25, 0.3) is 0 Å². The first kappa shape index (κ1) is 22.9. The summed E-state index contributed by atoms with van der Waals surface area (Å²) < 4.78 is 79.4. The summed E-state index contributed by atoms with van der Waals surface area (Å²) in [4.78, 5) is 24.7. The number of halogens is 6. The van der Waals surface area contributed by atoms with E-state index in [1.165, 1.54) is 18.2 Å². The van der Waals surface area contributed by atoms with Gasteiger partial charge in [0.2, 0.25) is 0 Å². The topological polar surface area (TPSA) is 58.2 Å². The highest BCUT2D eigenvalue weighted by atomic mass is 19.4. The monoisotopic (exact) mass is 452 g/mol. The minimum absolute atomic E-state index is 0.176. The average Bonchev–Trinajstić information content (AvgIpc) is 2.73. The summed E-state index contributed by atoms with van der Waals surface area (Å²) in [6.07, 6.45) is -9.67. The van der Waals surface area contributed by atoms with Gasteiger partial charge in [-0.25, -0.2) is 0 Å². The molecular weight excluding hydrogens is 438 g/mol. The van der Waals surface area contributed by atoms with E-state index in [1.54, 1.807) is 18.2 Å². The van der Waals surface area contributed by atoms with Gasteiger partial charge in [0, 0.05) is 16.9 Å². The molecule has 0 saturated heterocycles. The highest BCUT2D eigenvalue weighted by Gasteiger charge is 2.35. The van der Waals surface area contributed by atoms with Crippen LogP contribution >= 0.6 is 0 Å². The number of carbonyl (C=O) groups is 2. The van der Waals surface area contributed by atoms with E-state index in [4.69, 9.17) is 0 Å². The zero-order valence-corrected chi connectivity index (χ0v) is 16.0. The quantitative estimate of drug-likeness (QED) is 0.461. The second kappa shape index (κ2) is 8.74. The van der Waals surface area contributed by atoms with E-state index >= 15 is 0 Å². The molecule has 0 saturated carbocycles. The van der Waals surface area contributed by atoms with Gasteiger partial charge < -0.3 is 10.6 Å². The Labute approximate surface area is 177 Å². The third-order valence-corrected chi connectivity index (χ3v) is 4.29. The Bertz CT molecular complexity index is 1140. The molecule has 166 valence electrons. The molecule has 0 aromatic heterocycles. The van der Waals surface area contributed by atoms with E-state index in [1.807, 2.05) is 5.32 Å². The van der Waals surface area contributed by atoms with Crippen molar-refractivity contribution >= 4 is 23.2 Å². The van der Waals surface area contributed by atoms with Crippen molar-refractivity contribution in [3.8, 4) is 0 Å². The number of carbonyl (C=O) groups excluding carboxylic acids is 2. The first-order valence-corrected chi connectivity index (χ1v) is 9.01. The second-order valence-electron chi connectivity index (χ2n) is 6.61. The van der Waals surface area contributed by atoms with Crippen molar-refractivity contribution in [3.63, 3.8) is 0 Å². The normalized spacial score (nSPS) is 11.7. The molecule has 0 aliphatic carbocycles. The van der Waals surface area contributed by atoms with Crippen molar-refractivity contribution in [2.24, 2.45) is 0 Å². The molecule has 10 heteroatoms.